The van der Waals surface area contributed by atoms with Crippen molar-refractivity contribution in [1.29, 1.82) is 0 Å². The lowest BCUT2D eigenvalue weighted by Crippen LogP contribution is -2.33. The molecule has 116 valence electrons. The molecule has 5 heteroatoms. The normalized spacial score (nSPS) is 15.1. The van der Waals surface area contributed by atoms with Crippen LogP contribution in [0.4, 0.5) is 10.2 Å². The van der Waals surface area contributed by atoms with Crippen LogP contribution in [0.2, 0.25) is 0 Å². The van der Waals surface area contributed by atoms with Gasteiger partial charge in [-0.15, -0.1) is 0 Å². The average molecular weight is 325 g/mol. The minimum absolute atomic E-state index is 0.289. The highest BCUT2D eigenvalue weighted by atomic mass is 32.2. The SMILES string of the molecule is Fc1ccccc1-c1nc(N2CCSCC2)c2ccccc2n1. The Labute approximate surface area is 138 Å². The van der Waals surface area contributed by atoms with E-state index >= 15 is 0 Å². The molecule has 0 bridgehead atoms. The van der Waals surface area contributed by atoms with Gasteiger partial charge in [-0.2, -0.15) is 11.8 Å². The maximum Gasteiger partial charge on any atom is 0.165 e. The fourth-order valence-corrected chi connectivity index (χ4v) is 3.74. The zero-order valence-corrected chi connectivity index (χ0v) is 13.4. The Morgan fingerprint density at radius 3 is 2.48 bits per heavy atom. The van der Waals surface area contributed by atoms with Crippen molar-refractivity contribution in [2.24, 2.45) is 0 Å². The Morgan fingerprint density at radius 2 is 1.65 bits per heavy atom. The molecule has 1 saturated heterocycles. The van der Waals surface area contributed by atoms with E-state index in [1.165, 1.54) is 6.07 Å². The smallest absolute Gasteiger partial charge is 0.165 e. The predicted octanol–water partition coefficient (Wildman–Crippen LogP) is 3.99. The van der Waals surface area contributed by atoms with Gasteiger partial charge in [0.25, 0.3) is 0 Å². The molecule has 0 saturated carbocycles. The summed E-state index contributed by atoms with van der Waals surface area (Å²) in [6, 6.07) is 14.6. The van der Waals surface area contributed by atoms with Crippen molar-refractivity contribution >= 4 is 28.5 Å². The Kier molecular flexibility index (Phi) is 3.87. The summed E-state index contributed by atoms with van der Waals surface area (Å²) >= 11 is 1.96. The molecule has 0 spiro atoms. The highest BCUT2D eigenvalue weighted by molar-refractivity contribution is 7.99. The van der Waals surface area contributed by atoms with Crippen LogP contribution in [0.1, 0.15) is 0 Å². The van der Waals surface area contributed by atoms with Gasteiger partial charge in [0.05, 0.1) is 11.1 Å². The van der Waals surface area contributed by atoms with Gasteiger partial charge in [0.1, 0.15) is 11.6 Å². The van der Waals surface area contributed by atoms with Crippen molar-refractivity contribution in [2.75, 3.05) is 29.5 Å². The third-order valence-corrected chi connectivity index (χ3v) is 4.95. The van der Waals surface area contributed by atoms with Crippen LogP contribution in [0.25, 0.3) is 22.3 Å². The summed E-state index contributed by atoms with van der Waals surface area (Å²) < 4.78 is 14.2. The number of hydrogen-bond acceptors (Lipinski definition) is 4. The highest BCUT2D eigenvalue weighted by Crippen LogP contribution is 2.29. The quantitative estimate of drug-likeness (QED) is 0.712. The van der Waals surface area contributed by atoms with Gasteiger partial charge in [-0.1, -0.05) is 24.3 Å². The second-order valence-corrected chi connectivity index (χ2v) is 6.69. The summed E-state index contributed by atoms with van der Waals surface area (Å²) in [4.78, 5) is 11.6. The average Bonchev–Trinajstić information content (AvgIpc) is 2.62. The van der Waals surface area contributed by atoms with E-state index in [1.54, 1.807) is 12.1 Å². The molecule has 1 fully saturated rings. The molecule has 3 nitrogen and oxygen atoms in total. The third kappa shape index (κ3) is 2.77. The van der Waals surface area contributed by atoms with Crippen molar-refractivity contribution in [2.45, 2.75) is 0 Å². The first kappa shape index (κ1) is 14.5. The first-order valence-corrected chi connectivity index (χ1v) is 8.83. The second-order valence-electron chi connectivity index (χ2n) is 5.47. The maximum absolute atomic E-state index is 14.2. The van der Waals surface area contributed by atoms with Gasteiger partial charge >= 0.3 is 0 Å². The summed E-state index contributed by atoms with van der Waals surface area (Å²) in [5.41, 5.74) is 1.31. The summed E-state index contributed by atoms with van der Waals surface area (Å²) in [6.45, 7) is 1.92. The zero-order valence-electron chi connectivity index (χ0n) is 12.6. The molecule has 2 heterocycles. The van der Waals surface area contributed by atoms with E-state index in [1.807, 2.05) is 42.1 Å². The second kappa shape index (κ2) is 6.16. The van der Waals surface area contributed by atoms with Crippen molar-refractivity contribution in [3.63, 3.8) is 0 Å². The number of thioether (sulfide) groups is 1. The molecule has 0 amide bonds. The van der Waals surface area contributed by atoms with Gasteiger partial charge in [-0.05, 0) is 24.3 Å². The van der Waals surface area contributed by atoms with Crippen LogP contribution in [0.15, 0.2) is 48.5 Å². The topological polar surface area (TPSA) is 29.0 Å². The Bertz CT molecular complexity index is 847. The van der Waals surface area contributed by atoms with Crippen LogP contribution in [0, 0.1) is 5.82 Å². The fourth-order valence-electron chi connectivity index (χ4n) is 2.84. The monoisotopic (exact) mass is 325 g/mol. The first-order valence-electron chi connectivity index (χ1n) is 7.67. The van der Waals surface area contributed by atoms with Crippen LogP contribution < -0.4 is 4.90 Å². The summed E-state index contributed by atoms with van der Waals surface area (Å²) in [5, 5.41) is 1.03. The number of rotatable bonds is 2. The summed E-state index contributed by atoms with van der Waals surface area (Å²) in [5.74, 6) is 3.26. The molecular formula is C18H16FN3S. The van der Waals surface area contributed by atoms with Crippen molar-refractivity contribution in [1.82, 2.24) is 9.97 Å². The van der Waals surface area contributed by atoms with E-state index in [4.69, 9.17) is 4.98 Å². The van der Waals surface area contributed by atoms with Gasteiger partial charge < -0.3 is 4.90 Å². The number of anilines is 1. The lowest BCUT2D eigenvalue weighted by atomic mass is 10.1. The van der Waals surface area contributed by atoms with Gasteiger partial charge in [-0.3, -0.25) is 0 Å². The molecule has 23 heavy (non-hydrogen) atoms. The van der Waals surface area contributed by atoms with Crippen molar-refractivity contribution in [3.8, 4) is 11.4 Å². The molecule has 0 radical (unpaired) electrons. The van der Waals surface area contributed by atoms with E-state index in [-0.39, 0.29) is 5.82 Å². The number of hydrogen-bond donors (Lipinski definition) is 0. The largest absolute Gasteiger partial charge is 0.354 e. The molecule has 2 aromatic carbocycles. The number of halogens is 1. The first-order chi connectivity index (χ1) is 11.3. The molecule has 0 unspecified atom stereocenters. The number of nitrogens with zero attached hydrogens (tertiary/aromatic N) is 3. The molecular weight excluding hydrogens is 309 g/mol. The lowest BCUT2D eigenvalue weighted by Gasteiger charge is -2.28. The molecule has 4 rings (SSSR count). The predicted molar refractivity (Wildman–Crippen MR) is 94.5 cm³/mol. The fraction of sp³-hybridized carbons (Fsp3) is 0.222. The minimum Gasteiger partial charge on any atom is -0.354 e. The highest BCUT2D eigenvalue weighted by Gasteiger charge is 2.18. The Morgan fingerprint density at radius 1 is 0.913 bits per heavy atom. The van der Waals surface area contributed by atoms with Crippen LogP contribution in [0.5, 0.6) is 0 Å². The summed E-state index contributed by atoms with van der Waals surface area (Å²) in [6.07, 6.45) is 0. The standard InChI is InChI=1S/C18H16FN3S/c19-15-7-3-1-5-13(15)17-20-16-8-4-2-6-14(16)18(21-17)22-9-11-23-12-10-22/h1-8H,9-12H2. The molecule has 0 atom stereocenters. The number of fused-ring (bicyclic) bond motifs is 1. The molecule has 1 aliphatic heterocycles. The molecule has 0 N–H and O–H groups in total. The number of aromatic nitrogens is 2. The van der Waals surface area contributed by atoms with E-state index in [0.717, 1.165) is 41.3 Å². The van der Waals surface area contributed by atoms with Crippen LogP contribution >= 0.6 is 11.8 Å². The van der Waals surface area contributed by atoms with E-state index < -0.39 is 0 Å². The zero-order chi connectivity index (χ0) is 15.6. The van der Waals surface area contributed by atoms with E-state index in [0.29, 0.717) is 11.4 Å². The van der Waals surface area contributed by atoms with Crippen molar-refractivity contribution in [3.05, 3.63) is 54.3 Å². The molecule has 0 aliphatic carbocycles. The van der Waals surface area contributed by atoms with Gasteiger partial charge in [-0.25, -0.2) is 14.4 Å². The van der Waals surface area contributed by atoms with Crippen LogP contribution in [-0.2, 0) is 0 Å². The minimum atomic E-state index is -0.289. The number of benzene rings is 2. The van der Waals surface area contributed by atoms with Crippen LogP contribution in [0.3, 0.4) is 0 Å². The Hall–Kier alpha value is -2.14. The van der Waals surface area contributed by atoms with Gasteiger partial charge in [0, 0.05) is 30.0 Å². The van der Waals surface area contributed by atoms with E-state index in [9.17, 15) is 4.39 Å². The van der Waals surface area contributed by atoms with Crippen molar-refractivity contribution < 1.29 is 4.39 Å². The van der Waals surface area contributed by atoms with Crippen LogP contribution in [-0.4, -0.2) is 34.6 Å². The molecule has 3 aromatic rings. The van der Waals surface area contributed by atoms with Gasteiger partial charge in [0.15, 0.2) is 5.82 Å². The Balaban J connectivity index is 1.91. The summed E-state index contributed by atoms with van der Waals surface area (Å²) in [7, 11) is 0. The molecule has 1 aromatic heterocycles. The maximum atomic E-state index is 14.2. The third-order valence-electron chi connectivity index (χ3n) is 4.01. The van der Waals surface area contributed by atoms with Gasteiger partial charge in [0.2, 0.25) is 0 Å². The lowest BCUT2D eigenvalue weighted by molar-refractivity contribution is 0.630. The van der Waals surface area contributed by atoms with E-state index in [2.05, 4.69) is 9.88 Å². The molecule has 1 aliphatic rings. The number of para-hydroxylation sites is 1.